The van der Waals surface area contributed by atoms with Gasteiger partial charge in [-0.25, -0.2) is 12.8 Å². The minimum atomic E-state index is -3.87. The van der Waals surface area contributed by atoms with Gasteiger partial charge in [-0.3, -0.25) is 0 Å². The van der Waals surface area contributed by atoms with Crippen molar-refractivity contribution in [3.05, 3.63) is 24.0 Å². The number of benzene rings is 1. The van der Waals surface area contributed by atoms with E-state index in [0.29, 0.717) is 12.5 Å². The van der Waals surface area contributed by atoms with Crippen molar-refractivity contribution >= 4 is 10.0 Å². The first-order chi connectivity index (χ1) is 9.30. The number of nitrogens with two attached hydrogens (primary N) is 1. The molecule has 1 aromatic rings. The SMILES string of the molecule is NC1CCN(S(=O)(=O)c2ccc(OC(F)F)c(F)c2)C1. The monoisotopic (exact) mass is 310 g/mol. The molecular weight excluding hydrogens is 297 g/mol. The van der Waals surface area contributed by atoms with Crippen molar-refractivity contribution in [3.63, 3.8) is 0 Å². The second-order valence-corrected chi connectivity index (χ2v) is 6.32. The Labute approximate surface area is 114 Å². The summed E-state index contributed by atoms with van der Waals surface area (Å²) >= 11 is 0. The van der Waals surface area contributed by atoms with E-state index in [-0.39, 0.29) is 24.0 Å². The lowest BCUT2D eigenvalue weighted by molar-refractivity contribution is -0.0522. The normalized spacial score (nSPS) is 20.6. The predicted octanol–water partition coefficient (Wildman–Crippen LogP) is 1.15. The summed E-state index contributed by atoms with van der Waals surface area (Å²) in [4.78, 5) is -0.314. The third kappa shape index (κ3) is 3.05. The van der Waals surface area contributed by atoms with Crippen molar-refractivity contribution in [2.24, 2.45) is 5.73 Å². The molecule has 0 saturated carbocycles. The third-order valence-electron chi connectivity index (χ3n) is 2.94. The summed E-state index contributed by atoms with van der Waals surface area (Å²) < 4.78 is 66.9. The predicted molar refractivity (Wildman–Crippen MR) is 64.4 cm³/mol. The average Bonchev–Trinajstić information content (AvgIpc) is 2.78. The summed E-state index contributed by atoms with van der Waals surface area (Å²) in [5.41, 5.74) is 5.63. The van der Waals surface area contributed by atoms with Crippen LogP contribution >= 0.6 is 0 Å². The van der Waals surface area contributed by atoms with Crippen LogP contribution in [0.25, 0.3) is 0 Å². The summed E-state index contributed by atoms with van der Waals surface area (Å²) in [5, 5.41) is 0. The van der Waals surface area contributed by atoms with E-state index < -0.39 is 28.2 Å². The third-order valence-corrected chi connectivity index (χ3v) is 4.81. The molecule has 1 aromatic carbocycles. The van der Waals surface area contributed by atoms with Gasteiger partial charge in [0.15, 0.2) is 11.6 Å². The van der Waals surface area contributed by atoms with Gasteiger partial charge in [-0.1, -0.05) is 0 Å². The molecule has 1 fully saturated rings. The fourth-order valence-corrected chi connectivity index (χ4v) is 3.48. The number of hydrogen-bond donors (Lipinski definition) is 1. The van der Waals surface area contributed by atoms with Crippen LogP contribution in [0.4, 0.5) is 13.2 Å². The van der Waals surface area contributed by atoms with Gasteiger partial charge in [-0.05, 0) is 24.6 Å². The quantitative estimate of drug-likeness (QED) is 0.905. The first kappa shape index (κ1) is 15.1. The second kappa shape index (κ2) is 5.58. The molecule has 0 aliphatic carbocycles. The molecule has 0 spiro atoms. The van der Waals surface area contributed by atoms with Crippen LogP contribution in [-0.2, 0) is 10.0 Å². The summed E-state index contributed by atoms with van der Waals surface area (Å²) in [6, 6.07) is 2.30. The van der Waals surface area contributed by atoms with E-state index in [2.05, 4.69) is 4.74 Å². The Kier molecular flexibility index (Phi) is 4.21. The topological polar surface area (TPSA) is 72.6 Å². The van der Waals surface area contributed by atoms with E-state index in [1.807, 2.05) is 0 Å². The van der Waals surface area contributed by atoms with E-state index in [9.17, 15) is 21.6 Å². The molecule has 20 heavy (non-hydrogen) atoms. The van der Waals surface area contributed by atoms with Gasteiger partial charge in [-0.2, -0.15) is 13.1 Å². The number of halogens is 3. The maximum Gasteiger partial charge on any atom is 0.387 e. The van der Waals surface area contributed by atoms with Crippen molar-refractivity contribution in [2.75, 3.05) is 13.1 Å². The molecule has 1 aliphatic heterocycles. The zero-order valence-electron chi connectivity index (χ0n) is 10.3. The molecule has 0 radical (unpaired) electrons. The van der Waals surface area contributed by atoms with Crippen molar-refractivity contribution in [1.29, 1.82) is 0 Å². The molecule has 9 heteroatoms. The molecule has 112 valence electrons. The van der Waals surface area contributed by atoms with Gasteiger partial charge in [0.25, 0.3) is 0 Å². The van der Waals surface area contributed by atoms with Gasteiger partial charge >= 0.3 is 6.61 Å². The van der Waals surface area contributed by atoms with Gasteiger partial charge in [0, 0.05) is 19.1 Å². The lowest BCUT2D eigenvalue weighted by atomic mass is 10.3. The Bertz CT molecular complexity index is 595. The van der Waals surface area contributed by atoms with Crippen LogP contribution in [0.2, 0.25) is 0 Å². The number of rotatable bonds is 4. The van der Waals surface area contributed by atoms with Crippen molar-refractivity contribution in [3.8, 4) is 5.75 Å². The van der Waals surface area contributed by atoms with Gasteiger partial charge in [0.1, 0.15) is 0 Å². The lowest BCUT2D eigenvalue weighted by Crippen LogP contribution is -2.32. The zero-order valence-corrected chi connectivity index (χ0v) is 11.1. The molecule has 5 nitrogen and oxygen atoms in total. The summed E-state index contributed by atoms with van der Waals surface area (Å²) in [7, 11) is -3.87. The van der Waals surface area contributed by atoms with Crippen LogP contribution in [0.5, 0.6) is 5.75 Å². The van der Waals surface area contributed by atoms with E-state index in [1.165, 1.54) is 0 Å². The maximum atomic E-state index is 13.5. The maximum absolute atomic E-state index is 13.5. The number of nitrogens with zero attached hydrogens (tertiary/aromatic N) is 1. The Morgan fingerprint density at radius 2 is 2.10 bits per heavy atom. The fraction of sp³-hybridized carbons (Fsp3) is 0.455. The van der Waals surface area contributed by atoms with Crippen LogP contribution in [0, 0.1) is 5.82 Å². The first-order valence-corrected chi connectivity index (χ1v) is 7.25. The van der Waals surface area contributed by atoms with E-state index in [1.54, 1.807) is 0 Å². The molecule has 1 heterocycles. The fourth-order valence-electron chi connectivity index (χ4n) is 1.95. The number of sulfonamides is 1. The highest BCUT2D eigenvalue weighted by molar-refractivity contribution is 7.89. The Morgan fingerprint density at radius 3 is 2.60 bits per heavy atom. The summed E-state index contributed by atoms with van der Waals surface area (Å²) in [5.74, 6) is -1.85. The number of hydrogen-bond acceptors (Lipinski definition) is 4. The number of ether oxygens (including phenoxy) is 1. The molecule has 2 N–H and O–H groups in total. The largest absolute Gasteiger partial charge is 0.432 e. The highest BCUT2D eigenvalue weighted by atomic mass is 32.2. The lowest BCUT2D eigenvalue weighted by Gasteiger charge is -2.16. The van der Waals surface area contributed by atoms with Crippen LogP contribution in [0.3, 0.4) is 0 Å². The van der Waals surface area contributed by atoms with Crippen LogP contribution in [0.15, 0.2) is 23.1 Å². The molecule has 1 saturated heterocycles. The molecule has 0 bridgehead atoms. The molecule has 1 unspecified atom stereocenters. The summed E-state index contributed by atoms with van der Waals surface area (Å²) in [6.07, 6.45) is 0.522. The standard InChI is InChI=1S/C11H13F3N2O3S/c12-9-5-8(1-2-10(9)19-11(13)14)20(17,18)16-4-3-7(15)6-16/h1-2,5,7,11H,3-4,6,15H2. The van der Waals surface area contributed by atoms with Crippen molar-refractivity contribution in [1.82, 2.24) is 4.31 Å². The van der Waals surface area contributed by atoms with Gasteiger partial charge in [0.2, 0.25) is 10.0 Å². The van der Waals surface area contributed by atoms with Crippen molar-refractivity contribution in [2.45, 2.75) is 24.0 Å². The summed E-state index contributed by atoms with van der Waals surface area (Å²) in [6.45, 7) is -2.77. The molecule has 2 rings (SSSR count). The van der Waals surface area contributed by atoms with Crippen molar-refractivity contribution < 1.29 is 26.3 Å². The highest BCUT2D eigenvalue weighted by Gasteiger charge is 2.31. The van der Waals surface area contributed by atoms with Gasteiger partial charge in [0.05, 0.1) is 4.90 Å². The Morgan fingerprint density at radius 1 is 1.40 bits per heavy atom. The highest BCUT2D eigenvalue weighted by Crippen LogP contribution is 2.26. The molecule has 0 aromatic heterocycles. The minimum Gasteiger partial charge on any atom is -0.432 e. The van der Waals surface area contributed by atoms with Gasteiger partial charge < -0.3 is 10.5 Å². The molecule has 0 amide bonds. The van der Waals surface area contributed by atoms with E-state index in [4.69, 9.17) is 5.73 Å². The van der Waals surface area contributed by atoms with Crippen LogP contribution < -0.4 is 10.5 Å². The molecule has 1 atom stereocenters. The van der Waals surface area contributed by atoms with E-state index >= 15 is 0 Å². The molecular formula is C11H13F3N2O3S. The Balaban J connectivity index is 2.27. The number of alkyl halides is 2. The second-order valence-electron chi connectivity index (χ2n) is 4.38. The first-order valence-electron chi connectivity index (χ1n) is 5.81. The van der Waals surface area contributed by atoms with Crippen LogP contribution in [0.1, 0.15) is 6.42 Å². The minimum absolute atomic E-state index is 0.152. The Hall–Kier alpha value is -1.32. The average molecular weight is 310 g/mol. The molecule has 1 aliphatic rings. The zero-order chi connectivity index (χ0) is 14.9. The van der Waals surface area contributed by atoms with E-state index in [0.717, 1.165) is 16.4 Å². The van der Waals surface area contributed by atoms with Gasteiger partial charge in [-0.15, -0.1) is 0 Å². The smallest absolute Gasteiger partial charge is 0.387 e. The van der Waals surface area contributed by atoms with Crippen LogP contribution in [-0.4, -0.2) is 38.5 Å².